The Bertz CT molecular complexity index is 24.0. The van der Waals surface area contributed by atoms with Crippen LogP contribution in [0.15, 0.2) is 0 Å². The molecule has 0 aliphatic carbocycles. The summed E-state index contributed by atoms with van der Waals surface area (Å²) >= 11 is 0. The van der Waals surface area contributed by atoms with E-state index in [2.05, 4.69) is 0 Å². The fraction of sp³-hybridized carbons (Fsp3) is 0. The van der Waals surface area contributed by atoms with Gasteiger partial charge in [-0.2, -0.15) is 0 Å². The average molecular weight is 184 g/mol. The molecule has 42 valence electrons. The third-order valence-electron chi connectivity index (χ3n) is 0. The molecular weight excluding hydrogens is 176 g/mol. The van der Waals surface area contributed by atoms with Crippen molar-refractivity contribution in [1.29, 1.82) is 0 Å². The van der Waals surface area contributed by atoms with Gasteiger partial charge in [0, 0.05) is 0 Å². The molecule has 0 rings (SSSR count). The van der Waals surface area contributed by atoms with Crippen molar-refractivity contribution in [2.45, 2.75) is 0 Å². The largest absolute Gasteiger partial charge is 1.00 e. The Morgan fingerprint density at radius 3 is 1.14 bits per heavy atom. The molecule has 0 saturated carbocycles. The molecule has 0 aliphatic heterocycles. The van der Waals surface area contributed by atoms with Crippen LogP contribution in [0.3, 0.4) is 0 Å². The van der Waals surface area contributed by atoms with Crippen molar-refractivity contribution in [3.63, 3.8) is 0 Å². The van der Waals surface area contributed by atoms with Crippen molar-refractivity contribution >= 4 is 24.3 Å². The van der Waals surface area contributed by atoms with Gasteiger partial charge in [-0.25, -0.2) is 0 Å². The van der Waals surface area contributed by atoms with E-state index in [1.807, 2.05) is 0 Å². The molecule has 0 radical (unpaired) electrons. The Morgan fingerprint density at radius 2 is 1.14 bits per heavy atom. The van der Waals surface area contributed by atoms with Crippen LogP contribution in [0.1, 0.15) is 1.43 Å². The molecule has 0 aromatic rings. The van der Waals surface area contributed by atoms with Crippen LogP contribution in [0.4, 0.5) is 0 Å². The molecule has 0 atom stereocenters. The van der Waals surface area contributed by atoms with E-state index in [9.17, 15) is 0 Å². The smallest absolute Gasteiger partial charge is 1.00 e. The van der Waals surface area contributed by atoms with Crippen molar-refractivity contribution in [2.75, 3.05) is 0 Å². The molecule has 0 aromatic heterocycles. The minimum atomic E-state index is -2.17. The number of hydrogen-bond acceptors (Lipinski definition) is 4. The van der Waals surface area contributed by atoms with E-state index >= 15 is 0 Å². The molecule has 7 heteroatoms. The first kappa shape index (κ1) is 23.8. The molecule has 6 N–H and O–H groups in total. The Kier molecular flexibility index (Phi) is 53.2. The van der Waals surface area contributed by atoms with Gasteiger partial charge in [-0.05, 0) is 0 Å². The topological polar surface area (TPSA) is 95.7 Å². The van der Waals surface area contributed by atoms with Crippen molar-refractivity contribution in [2.24, 2.45) is 0 Å². The first-order valence-electron chi connectivity index (χ1n) is 0.775. The van der Waals surface area contributed by atoms with Gasteiger partial charge in [0.05, 0.1) is 0 Å². The first-order valence-corrected chi connectivity index (χ1v) is 0.775. The van der Waals surface area contributed by atoms with Gasteiger partial charge in [0.15, 0.2) is 0 Å². The predicted molar refractivity (Wildman–Crippen MR) is 28.9 cm³/mol. The maximum Gasteiger partial charge on any atom is 1.00 e. The van der Waals surface area contributed by atoms with Crippen LogP contribution < -0.4 is 35.7 Å². The molecule has 0 saturated heterocycles. The average Bonchev–Trinajstić information content (AvgIpc) is 0.811. The molecule has 0 aliphatic rings. The minimum absolute atomic E-state index is 0. The molecule has 0 fully saturated rings. The molecular formula is H8BBrNNaO3. The summed E-state index contributed by atoms with van der Waals surface area (Å²) in [5, 5.41) is 21.5. The van der Waals surface area contributed by atoms with Crippen LogP contribution in [0.25, 0.3) is 0 Å². The molecule has 0 aromatic carbocycles. The summed E-state index contributed by atoms with van der Waals surface area (Å²) in [6.45, 7) is 0. The van der Waals surface area contributed by atoms with Gasteiger partial charge >= 0.3 is 36.9 Å². The Hall–Kier alpha value is 1.38. The Morgan fingerprint density at radius 1 is 1.14 bits per heavy atom. The van der Waals surface area contributed by atoms with E-state index in [0.717, 1.165) is 0 Å². The fourth-order valence-electron chi connectivity index (χ4n) is 0. The summed E-state index contributed by atoms with van der Waals surface area (Å²) in [6.07, 6.45) is 0. The summed E-state index contributed by atoms with van der Waals surface area (Å²) in [5.74, 6) is 0. The van der Waals surface area contributed by atoms with Gasteiger partial charge in [0.2, 0.25) is 0 Å². The molecule has 0 heterocycles. The van der Waals surface area contributed by atoms with E-state index in [4.69, 9.17) is 15.1 Å². The monoisotopic (exact) mass is 183 g/mol. The third-order valence-corrected chi connectivity index (χ3v) is 0. The summed E-state index contributed by atoms with van der Waals surface area (Å²) in [5.41, 5.74) is 0. The second kappa shape index (κ2) is 15.7. The molecule has 0 spiro atoms. The Balaban J connectivity index is -0.00000000750. The van der Waals surface area contributed by atoms with Gasteiger partial charge in [-0.15, -0.1) is 17.0 Å². The van der Waals surface area contributed by atoms with Crippen LogP contribution in [-0.4, -0.2) is 22.4 Å². The zero-order valence-electron chi connectivity index (χ0n) is 5.03. The molecule has 0 unspecified atom stereocenters. The SMILES string of the molecule is Br.N.OB(O)O.[H-].[Na+]. The van der Waals surface area contributed by atoms with Crippen LogP contribution in [-0.2, 0) is 0 Å². The first-order chi connectivity index (χ1) is 1.73. The normalized spacial score (nSPS) is 3.86. The fourth-order valence-corrected chi connectivity index (χ4v) is 0. The van der Waals surface area contributed by atoms with Crippen LogP contribution in [0.2, 0.25) is 0 Å². The van der Waals surface area contributed by atoms with Gasteiger partial charge < -0.3 is 22.6 Å². The van der Waals surface area contributed by atoms with Crippen LogP contribution in [0, 0.1) is 0 Å². The second-order valence-electron chi connectivity index (χ2n) is 0.346. The third kappa shape index (κ3) is 112. The van der Waals surface area contributed by atoms with Crippen LogP contribution in [0.5, 0.6) is 0 Å². The maximum absolute atomic E-state index is 7.17. The van der Waals surface area contributed by atoms with Crippen LogP contribution >= 0.6 is 17.0 Å². The van der Waals surface area contributed by atoms with Gasteiger partial charge in [-0.3, -0.25) is 0 Å². The molecule has 7 heavy (non-hydrogen) atoms. The molecule has 0 bridgehead atoms. The number of hydrogen-bond donors (Lipinski definition) is 4. The standard InChI is InChI=1S/BH3O3.BrH.H3N.Na.H/c2-1(3)4;;;;/h2-4H;1H;1H3;;/q;;;+1;-1. The summed E-state index contributed by atoms with van der Waals surface area (Å²) in [7, 11) is -2.17. The quantitative estimate of drug-likeness (QED) is 0.287. The van der Waals surface area contributed by atoms with Crippen molar-refractivity contribution in [3.8, 4) is 0 Å². The van der Waals surface area contributed by atoms with Gasteiger partial charge in [-0.1, -0.05) is 0 Å². The summed E-state index contributed by atoms with van der Waals surface area (Å²) in [6, 6.07) is 0. The number of halogens is 1. The van der Waals surface area contributed by atoms with Gasteiger partial charge in [0.1, 0.15) is 0 Å². The summed E-state index contributed by atoms with van der Waals surface area (Å²) < 4.78 is 0. The van der Waals surface area contributed by atoms with E-state index in [0.29, 0.717) is 0 Å². The van der Waals surface area contributed by atoms with E-state index in [-0.39, 0.29) is 54.1 Å². The van der Waals surface area contributed by atoms with Crippen molar-refractivity contribution in [3.05, 3.63) is 0 Å². The van der Waals surface area contributed by atoms with Crippen molar-refractivity contribution < 1.29 is 46.1 Å². The van der Waals surface area contributed by atoms with Crippen molar-refractivity contribution in [1.82, 2.24) is 6.15 Å². The maximum atomic E-state index is 7.17. The molecule has 0 amide bonds. The van der Waals surface area contributed by atoms with E-state index in [1.54, 1.807) is 0 Å². The second-order valence-corrected chi connectivity index (χ2v) is 0.346. The molecule has 4 nitrogen and oxygen atoms in total. The zero-order valence-corrected chi connectivity index (χ0v) is 7.75. The Labute approximate surface area is 76.2 Å². The van der Waals surface area contributed by atoms with E-state index < -0.39 is 7.32 Å². The van der Waals surface area contributed by atoms with E-state index in [1.165, 1.54) is 0 Å². The van der Waals surface area contributed by atoms with Gasteiger partial charge in [0.25, 0.3) is 0 Å². The zero-order chi connectivity index (χ0) is 3.58. The number of rotatable bonds is 0. The summed E-state index contributed by atoms with van der Waals surface area (Å²) in [4.78, 5) is 0. The predicted octanol–water partition coefficient (Wildman–Crippen LogP) is -4.20. The minimum Gasteiger partial charge on any atom is -1.00 e.